The molecule has 2 fully saturated rings. The minimum absolute atomic E-state index is 0.0370. The summed E-state index contributed by atoms with van der Waals surface area (Å²) in [5.74, 6) is 0.0609. The minimum Gasteiger partial charge on any atom is -0.380 e. The highest BCUT2D eigenvalue weighted by Crippen LogP contribution is 2.23. The van der Waals surface area contributed by atoms with Crippen LogP contribution in [0.3, 0.4) is 0 Å². The molecular formula is C16H25N5O3. The molecule has 2 atom stereocenters. The molecule has 1 aromatic heterocycles. The Morgan fingerprint density at radius 1 is 1.42 bits per heavy atom. The zero-order valence-corrected chi connectivity index (χ0v) is 14.3. The Morgan fingerprint density at radius 3 is 2.88 bits per heavy atom. The molecule has 132 valence electrons. The predicted molar refractivity (Wildman–Crippen MR) is 90.1 cm³/mol. The van der Waals surface area contributed by atoms with Gasteiger partial charge in [-0.05, 0) is 32.4 Å². The summed E-state index contributed by atoms with van der Waals surface area (Å²) in [4.78, 5) is 32.9. The number of aromatic nitrogens is 2. The van der Waals surface area contributed by atoms with E-state index in [4.69, 9.17) is 4.74 Å². The number of anilines is 1. The van der Waals surface area contributed by atoms with Crippen molar-refractivity contribution in [3.63, 3.8) is 0 Å². The summed E-state index contributed by atoms with van der Waals surface area (Å²) < 4.78 is 6.85. The van der Waals surface area contributed by atoms with E-state index in [9.17, 15) is 9.59 Å². The number of carbonyl (C=O) groups excluding carboxylic acids is 1. The van der Waals surface area contributed by atoms with Gasteiger partial charge in [0.2, 0.25) is 5.82 Å². The fourth-order valence-corrected chi connectivity index (χ4v) is 3.49. The van der Waals surface area contributed by atoms with E-state index in [1.165, 1.54) is 23.6 Å². The molecule has 2 aliphatic heterocycles. The van der Waals surface area contributed by atoms with Gasteiger partial charge in [0.1, 0.15) is 0 Å². The molecule has 3 heterocycles. The van der Waals surface area contributed by atoms with Crippen LogP contribution in [0.25, 0.3) is 0 Å². The van der Waals surface area contributed by atoms with Gasteiger partial charge in [-0.3, -0.25) is 10.1 Å². The predicted octanol–water partition coefficient (Wildman–Crippen LogP) is 0.497. The first-order valence-corrected chi connectivity index (χ1v) is 8.43. The molecule has 24 heavy (non-hydrogen) atoms. The van der Waals surface area contributed by atoms with Gasteiger partial charge < -0.3 is 19.1 Å². The van der Waals surface area contributed by atoms with Gasteiger partial charge in [-0.15, -0.1) is 0 Å². The van der Waals surface area contributed by atoms with E-state index in [1.54, 1.807) is 25.3 Å². The number of likely N-dealkylation sites (tertiary alicyclic amines) is 2. The highest BCUT2D eigenvalue weighted by molar-refractivity contribution is 5.88. The molecule has 2 amide bonds. The molecule has 2 aliphatic rings. The lowest BCUT2D eigenvalue weighted by molar-refractivity contribution is 0.111. The standard InChI is InChI=1S/C16H25N5O3/c1-19-8-5-17-14(15(19)22)18-16(23)21-11-13(24-2)9-12(21)10-20-6-3-4-7-20/h5,8,12-13H,3-4,6-7,9-11H2,1-2H3,(H,17,18,23)/t12-,13-/m0/s1. The number of hydrogen-bond donors (Lipinski definition) is 1. The lowest BCUT2D eigenvalue weighted by Gasteiger charge is -2.28. The molecule has 0 bridgehead atoms. The van der Waals surface area contributed by atoms with Crippen molar-refractivity contribution in [3.05, 3.63) is 22.7 Å². The number of methoxy groups -OCH3 is 1. The number of rotatable bonds is 4. The molecule has 1 aromatic rings. The average molecular weight is 335 g/mol. The summed E-state index contributed by atoms with van der Waals surface area (Å²) in [6.07, 6.45) is 6.36. The van der Waals surface area contributed by atoms with E-state index >= 15 is 0 Å². The lowest BCUT2D eigenvalue weighted by Crippen LogP contribution is -2.45. The van der Waals surface area contributed by atoms with E-state index in [0.717, 1.165) is 26.1 Å². The van der Waals surface area contributed by atoms with Crippen LogP contribution in [0.2, 0.25) is 0 Å². The summed E-state index contributed by atoms with van der Waals surface area (Å²) in [6.45, 7) is 3.57. The highest BCUT2D eigenvalue weighted by Gasteiger charge is 2.37. The smallest absolute Gasteiger partial charge is 0.323 e. The molecule has 0 aromatic carbocycles. The maximum atomic E-state index is 12.7. The molecular weight excluding hydrogens is 310 g/mol. The zero-order valence-electron chi connectivity index (χ0n) is 14.3. The molecule has 0 spiro atoms. The van der Waals surface area contributed by atoms with Gasteiger partial charge in [0, 0.05) is 45.7 Å². The van der Waals surface area contributed by atoms with Gasteiger partial charge in [0.25, 0.3) is 5.56 Å². The van der Waals surface area contributed by atoms with Crippen LogP contribution in [0.15, 0.2) is 17.2 Å². The number of nitrogens with zero attached hydrogens (tertiary/aromatic N) is 4. The molecule has 0 saturated carbocycles. The Balaban J connectivity index is 1.70. The Bertz CT molecular complexity index is 641. The maximum Gasteiger partial charge on any atom is 0.323 e. The molecule has 2 saturated heterocycles. The molecule has 3 rings (SSSR count). The first-order chi connectivity index (χ1) is 11.6. The number of aryl methyl sites for hydroxylation is 1. The quantitative estimate of drug-likeness (QED) is 0.867. The van der Waals surface area contributed by atoms with Crippen LogP contribution in [0, 0.1) is 0 Å². The number of ether oxygens (including phenoxy) is 1. The van der Waals surface area contributed by atoms with Crippen molar-refractivity contribution >= 4 is 11.8 Å². The maximum absolute atomic E-state index is 12.7. The van der Waals surface area contributed by atoms with Crippen LogP contribution in [0.5, 0.6) is 0 Å². The zero-order chi connectivity index (χ0) is 17.1. The van der Waals surface area contributed by atoms with Crippen LogP contribution >= 0.6 is 0 Å². The van der Waals surface area contributed by atoms with Crippen molar-refractivity contribution in [2.45, 2.75) is 31.4 Å². The second-order valence-corrected chi connectivity index (χ2v) is 6.53. The molecule has 0 unspecified atom stereocenters. The van der Waals surface area contributed by atoms with Gasteiger partial charge >= 0.3 is 6.03 Å². The van der Waals surface area contributed by atoms with Crippen LogP contribution in [-0.4, -0.2) is 70.8 Å². The number of carbonyl (C=O) groups is 1. The fraction of sp³-hybridized carbons (Fsp3) is 0.688. The SMILES string of the molecule is CO[C@H]1C[C@@H](CN2CCCC2)N(C(=O)Nc2nccn(C)c2=O)C1. The van der Waals surface area contributed by atoms with Crippen molar-refractivity contribution in [2.75, 3.05) is 38.6 Å². The second kappa shape index (κ2) is 7.31. The Labute approximate surface area is 141 Å². The molecule has 8 nitrogen and oxygen atoms in total. The fourth-order valence-electron chi connectivity index (χ4n) is 3.49. The third-order valence-corrected chi connectivity index (χ3v) is 4.88. The van der Waals surface area contributed by atoms with Crippen molar-refractivity contribution < 1.29 is 9.53 Å². The molecule has 0 aliphatic carbocycles. The largest absolute Gasteiger partial charge is 0.380 e. The minimum atomic E-state index is -0.315. The van der Waals surface area contributed by atoms with E-state index in [2.05, 4.69) is 15.2 Å². The summed E-state index contributed by atoms with van der Waals surface area (Å²) in [5, 5.41) is 2.66. The Kier molecular flexibility index (Phi) is 5.15. The first-order valence-electron chi connectivity index (χ1n) is 8.43. The van der Waals surface area contributed by atoms with Crippen molar-refractivity contribution in [1.82, 2.24) is 19.4 Å². The lowest BCUT2D eigenvalue weighted by atomic mass is 10.2. The van der Waals surface area contributed by atoms with Gasteiger partial charge in [-0.25, -0.2) is 9.78 Å². The molecule has 8 heteroatoms. The third kappa shape index (κ3) is 3.59. The van der Waals surface area contributed by atoms with Crippen molar-refractivity contribution in [2.24, 2.45) is 7.05 Å². The topological polar surface area (TPSA) is 79.7 Å². The van der Waals surface area contributed by atoms with Gasteiger partial charge in [-0.1, -0.05) is 0 Å². The van der Waals surface area contributed by atoms with Crippen LogP contribution in [0.1, 0.15) is 19.3 Å². The van der Waals surface area contributed by atoms with Crippen LogP contribution in [-0.2, 0) is 11.8 Å². The van der Waals surface area contributed by atoms with Gasteiger partial charge in [0.15, 0.2) is 0 Å². The van der Waals surface area contributed by atoms with Crippen LogP contribution < -0.4 is 10.9 Å². The average Bonchev–Trinajstić information content (AvgIpc) is 3.22. The van der Waals surface area contributed by atoms with Crippen molar-refractivity contribution in [1.29, 1.82) is 0 Å². The summed E-state index contributed by atoms with van der Waals surface area (Å²) >= 11 is 0. The summed E-state index contributed by atoms with van der Waals surface area (Å²) in [5.41, 5.74) is -0.315. The van der Waals surface area contributed by atoms with Gasteiger partial charge in [-0.2, -0.15) is 0 Å². The number of hydrogen-bond acceptors (Lipinski definition) is 5. The monoisotopic (exact) mass is 335 g/mol. The highest BCUT2D eigenvalue weighted by atomic mass is 16.5. The Morgan fingerprint density at radius 2 is 2.17 bits per heavy atom. The second-order valence-electron chi connectivity index (χ2n) is 6.53. The first kappa shape index (κ1) is 16.9. The van der Waals surface area contributed by atoms with E-state index < -0.39 is 0 Å². The van der Waals surface area contributed by atoms with E-state index in [0.29, 0.717) is 6.54 Å². The van der Waals surface area contributed by atoms with Crippen LogP contribution in [0.4, 0.5) is 10.6 Å². The number of urea groups is 1. The summed E-state index contributed by atoms with van der Waals surface area (Å²) in [7, 11) is 3.31. The Hall–Kier alpha value is -1.93. The number of nitrogens with one attached hydrogen (secondary N) is 1. The normalized spacial score (nSPS) is 24.5. The number of amides is 2. The van der Waals surface area contributed by atoms with Gasteiger partial charge in [0.05, 0.1) is 6.10 Å². The third-order valence-electron chi connectivity index (χ3n) is 4.88. The molecule has 0 radical (unpaired) electrons. The van der Waals surface area contributed by atoms with E-state index in [-0.39, 0.29) is 29.6 Å². The van der Waals surface area contributed by atoms with Crippen molar-refractivity contribution in [3.8, 4) is 0 Å². The summed E-state index contributed by atoms with van der Waals surface area (Å²) in [6, 6.07) is -0.185. The molecule has 1 N–H and O–H groups in total. The van der Waals surface area contributed by atoms with E-state index in [1.807, 2.05) is 0 Å².